The van der Waals surface area contributed by atoms with Crippen LogP contribution in [0.3, 0.4) is 0 Å². The monoisotopic (exact) mass is 233 g/mol. The smallest absolute Gasteiger partial charge is 0.142 e. The Hall–Kier alpha value is -1.53. The molecule has 90 valence electrons. The Morgan fingerprint density at radius 2 is 2.12 bits per heavy atom. The summed E-state index contributed by atoms with van der Waals surface area (Å²) >= 11 is 0. The van der Waals surface area contributed by atoms with Gasteiger partial charge in [0.15, 0.2) is 0 Å². The van der Waals surface area contributed by atoms with E-state index in [0.717, 1.165) is 12.8 Å². The zero-order chi connectivity index (χ0) is 12.1. The number of benzene rings is 1. The van der Waals surface area contributed by atoms with Crippen molar-refractivity contribution in [2.75, 3.05) is 6.54 Å². The third kappa shape index (κ3) is 3.21. The number of hydrogen-bond acceptors (Lipinski definition) is 2. The van der Waals surface area contributed by atoms with Crippen LogP contribution in [0.2, 0.25) is 0 Å². The van der Waals surface area contributed by atoms with Gasteiger partial charge in [-0.2, -0.15) is 0 Å². The molecule has 0 spiro atoms. The van der Waals surface area contributed by atoms with Crippen molar-refractivity contribution in [2.24, 2.45) is 5.73 Å². The number of nitrogens with two attached hydrogens (primary N) is 1. The maximum atomic E-state index is 13.6. The van der Waals surface area contributed by atoms with Crippen molar-refractivity contribution < 1.29 is 9.13 Å². The van der Waals surface area contributed by atoms with Gasteiger partial charge in [0.2, 0.25) is 0 Å². The van der Waals surface area contributed by atoms with E-state index in [9.17, 15) is 4.39 Å². The van der Waals surface area contributed by atoms with Crippen molar-refractivity contribution in [3.05, 3.63) is 29.6 Å². The highest BCUT2D eigenvalue weighted by atomic mass is 19.1. The van der Waals surface area contributed by atoms with Crippen LogP contribution in [0.1, 0.15) is 31.2 Å². The zero-order valence-corrected chi connectivity index (χ0v) is 9.71. The van der Waals surface area contributed by atoms with Gasteiger partial charge in [0, 0.05) is 6.07 Å². The lowest BCUT2D eigenvalue weighted by atomic mass is 10.2. The van der Waals surface area contributed by atoms with Crippen LogP contribution >= 0.6 is 0 Å². The van der Waals surface area contributed by atoms with E-state index in [0.29, 0.717) is 11.3 Å². The molecule has 2 nitrogen and oxygen atoms in total. The molecule has 0 unspecified atom stereocenters. The maximum Gasteiger partial charge on any atom is 0.142 e. The highest BCUT2D eigenvalue weighted by Gasteiger charge is 2.16. The summed E-state index contributed by atoms with van der Waals surface area (Å²) < 4.78 is 19.3. The van der Waals surface area contributed by atoms with E-state index < -0.39 is 0 Å². The maximum absolute atomic E-state index is 13.6. The van der Waals surface area contributed by atoms with E-state index in [1.807, 2.05) is 0 Å². The molecule has 1 saturated carbocycles. The van der Waals surface area contributed by atoms with Gasteiger partial charge in [0.1, 0.15) is 11.6 Å². The van der Waals surface area contributed by atoms with Gasteiger partial charge in [-0.25, -0.2) is 4.39 Å². The molecule has 0 atom stereocenters. The van der Waals surface area contributed by atoms with E-state index in [4.69, 9.17) is 10.5 Å². The van der Waals surface area contributed by atoms with Crippen LogP contribution in [0.5, 0.6) is 5.75 Å². The summed E-state index contributed by atoms with van der Waals surface area (Å²) in [5, 5.41) is 0. The quantitative estimate of drug-likeness (QED) is 0.796. The van der Waals surface area contributed by atoms with E-state index >= 15 is 0 Å². The molecular weight excluding hydrogens is 217 g/mol. The summed E-state index contributed by atoms with van der Waals surface area (Å²) in [6.45, 7) is 0.236. The van der Waals surface area contributed by atoms with Crippen LogP contribution in [0, 0.1) is 17.7 Å². The molecule has 2 rings (SSSR count). The molecule has 1 fully saturated rings. The molecular formula is C14H16FNO. The third-order valence-corrected chi connectivity index (χ3v) is 2.87. The first-order valence-corrected chi connectivity index (χ1v) is 5.95. The highest BCUT2D eigenvalue weighted by Crippen LogP contribution is 2.25. The SMILES string of the molecule is NCC#Cc1ccc(OC2CCCC2)cc1F. The largest absolute Gasteiger partial charge is 0.490 e. The fourth-order valence-electron chi connectivity index (χ4n) is 2.02. The van der Waals surface area contributed by atoms with Crippen molar-refractivity contribution in [3.8, 4) is 17.6 Å². The normalized spacial score (nSPS) is 15.4. The third-order valence-electron chi connectivity index (χ3n) is 2.87. The van der Waals surface area contributed by atoms with Gasteiger partial charge >= 0.3 is 0 Å². The fourth-order valence-corrected chi connectivity index (χ4v) is 2.02. The van der Waals surface area contributed by atoms with Gasteiger partial charge in [-0.1, -0.05) is 11.8 Å². The average Bonchev–Trinajstić information content (AvgIpc) is 2.81. The van der Waals surface area contributed by atoms with Crippen LogP contribution < -0.4 is 10.5 Å². The molecule has 0 bridgehead atoms. The van der Waals surface area contributed by atoms with E-state index in [2.05, 4.69) is 11.8 Å². The van der Waals surface area contributed by atoms with Gasteiger partial charge < -0.3 is 10.5 Å². The molecule has 0 aliphatic heterocycles. The van der Waals surface area contributed by atoms with Crippen LogP contribution in [-0.4, -0.2) is 12.6 Å². The Labute approximate surface area is 101 Å². The first kappa shape index (κ1) is 11.9. The number of rotatable bonds is 2. The van der Waals surface area contributed by atoms with Crippen LogP contribution in [0.15, 0.2) is 18.2 Å². The van der Waals surface area contributed by atoms with E-state index in [1.54, 1.807) is 12.1 Å². The Bertz CT molecular complexity index is 441. The Morgan fingerprint density at radius 1 is 1.35 bits per heavy atom. The van der Waals surface area contributed by atoms with Crippen molar-refractivity contribution in [1.82, 2.24) is 0 Å². The first-order valence-electron chi connectivity index (χ1n) is 5.95. The summed E-state index contributed by atoms with van der Waals surface area (Å²) in [5.41, 5.74) is 5.61. The molecule has 1 aromatic rings. The van der Waals surface area contributed by atoms with Crippen molar-refractivity contribution in [1.29, 1.82) is 0 Å². The van der Waals surface area contributed by atoms with Gasteiger partial charge in [-0.05, 0) is 37.8 Å². The Morgan fingerprint density at radius 3 is 2.76 bits per heavy atom. The molecule has 0 heterocycles. The minimum atomic E-state index is -0.346. The zero-order valence-electron chi connectivity index (χ0n) is 9.71. The molecule has 1 aliphatic carbocycles. The fraction of sp³-hybridized carbons (Fsp3) is 0.429. The molecule has 0 saturated heterocycles. The summed E-state index contributed by atoms with van der Waals surface area (Å²) in [6, 6.07) is 4.81. The Balaban J connectivity index is 2.07. The van der Waals surface area contributed by atoms with Gasteiger partial charge in [-0.15, -0.1) is 0 Å². The molecule has 2 N–H and O–H groups in total. The Kier molecular flexibility index (Phi) is 4.00. The second kappa shape index (κ2) is 5.70. The second-order valence-corrected chi connectivity index (χ2v) is 4.17. The lowest BCUT2D eigenvalue weighted by molar-refractivity contribution is 0.209. The van der Waals surface area contributed by atoms with Crippen molar-refractivity contribution in [2.45, 2.75) is 31.8 Å². The highest BCUT2D eigenvalue weighted by molar-refractivity contribution is 5.39. The number of hydrogen-bond donors (Lipinski definition) is 1. The minimum absolute atomic E-state index is 0.236. The molecule has 1 aliphatic rings. The second-order valence-electron chi connectivity index (χ2n) is 4.17. The molecule has 17 heavy (non-hydrogen) atoms. The summed E-state index contributed by atoms with van der Waals surface area (Å²) in [7, 11) is 0. The van der Waals surface area contributed by atoms with Crippen LogP contribution in [-0.2, 0) is 0 Å². The molecule has 1 aromatic carbocycles. The molecule has 0 aromatic heterocycles. The van der Waals surface area contributed by atoms with Crippen LogP contribution in [0.25, 0.3) is 0 Å². The average molecular weight is 233 g/mol. The van der Waals surface area contributed by atoms with Crippen LogP contribution in [0.4, 0.5) is 4.39 Å². The lowest BCUT2D eigenvalue weighted by Crippen LogP contribution is -2.10. The molecule has 3 heteroatoms. The van der Waals surface area contributed by atoms with Crippen molar-refractivity contribution >= 4 is 0 Å². The van der Waals surface area contributed by atoms with Crippen molar-refractivity contribution in [3.63, 3.8) is 0 Å². The lowest BCUT2D eigenvalue weighted by Gasteiger charge is -2.13. The molecule has 0 radical (unpaired) electrons. The van der Waals surface area contributed by atoms with Gasteiger partial charge in [0.05, 0.1) is 18.2 Å². The summed E-state index contributed by atoms with van der Waals surface area (Å²) in [6.07, 6.45) is 4.78. The van der Waals surface area contributed by atoms with Gasteiger partial charge in [-0.3, -0.25) is 0 Å². The summed E-state index contributed by atoms with van der Waals surface area (Å²) in [4.78, 5) is 0. The summed E-state index contributed by atoms with van der Waals surface area (Å²) in [5.74, 6) is 5.57. The first-order chi connectivity index (χ1) is 8.29. The van der Waals surface area contributed by atoms with E-state index in [1.165, 1.54) is 18.9 Å². The predicted molar refractivity (Wildman–Crippen MR) is 65.2 cm³/mol. The standard InChI is InChI=1S/C14H16FNO/c15-14-10-13(17-12-5-1-2-6-12)8-7-11(14)4-3-9-16/h7-8,10,12H,1-2,5-6,9,16H2. The topological polar surface area (TPSA) is 35.2 Å². The minimum Gasteiger partial charge on any atom is -0.490 e. The molecule has 0 amide bonds. The van der Waals surface area contributed by atoms with Gasteiger partial charge in [0.25, 0.3) is 0 Å². The number of ether oxygens (including phenoxy) is 1. The van der Waals surface area contributed by atoms with E-state index in [-0.39, 0.29) is 18.5 Å². The predicted octanol–water partition coefficient (Wildman–Crippen LogP) is 2.46. The number of halogens is 1.